The van der Waals surface area contributed by atoms with Crippen LogP contribution in [0.1, 0.15) is 19.0 Å². The second kappa shape index (κ2) is 5.65. The van der Waals surface area contributed by atoms with Crippen LogP contribution in [0.4, 0.5) is 0 Å². The van der Waals surface area contributed by atoms with E-state index < -0.39 is 5.97 Å². The van der Waals surface area contributed by atoms with Crippen LogP contribution in [0.5, 0.6) is 0 Å². The minimum Gasteiger partial charge on any atom is -0.481 e. The Labute approximate surface area is 87.6 Å². The van der Waals surface area contributed by atoms with Gasteiger partial charge in [-0.2, -0.15) is 11.8 Å². The van der Waals surface area contributed by atoms with Crippen molar-refractivity contribution in [3.8, 4) is 0 Å². The van der Waals surface area contributed by atoms with Crippen LogP contribution in [0.3, 0.4) is 0 Å². The molecule has 0 aliphatic rings. The molecule has 0 amide bonds. The third-order valence-corrected chi connectivity index (χ3v) is 2.90. The lowest BCUT2D eigenvalue weighted by Gasteiger charge is -2.07. The molecular weight excluding hydrogens is 198 g/mol. The molecule has 1 N–H and O–H groups in total. The first-order chi connectivity index (χ1) is 6.68. The van der Waals surface area contributed by atoms with Crippen molar-refractivity contribution in [2.75, 3.05) is 0 Å². The standard InChI is InChI=1S/C10H13NO2S/c1-8(6-10(12)13)14-7-9-4-2-3-5-11-9/h2-5,8H,6-7H2,1H3,(H,12,13). The van der Waals surface area contributed by atoms with Crippen molar-refractivity contribution in [1.82, 2.24) is 4.98 Å². The maximum absolute atomic E-state index is 10.4. The van der Waals surface area contributed by atoms with Crippen LogP contribution in [-0.4, -0.2) is 21.3 Å². The minimum absolute atomic E-state index is 0.134. The predicted octanol–water partition coefficient (Wildman–Crippen LogP) is 2.18. The van der Waals surface area contributed by atoms with Crippen molar-refractivity contribution in [2.24, 2.45) is 0 Å². The highest BCUT2D eigenvalue weighted by atomic mass is 32.2. The van der Waals surface area contributed by atoms with E-state index in [9.17, 15) is 4.79 Å². The SMILES string of the molecule is CC(CC(=O)O)SCc1ccccn1. The number of thioether (sulfide) groups is 1. The molecule has 0 aliphatic carbocycles. The van der Waals surface area contributed by atoms with E-state index in [1.807, 2.05) is 25.1 Å². The van der Waals surface area contributed by atoms with Gasteiger partial charge in [0.1, 0.15) is 0 Å². The van der Waals surface area contributed by atoms with Crippen molar-refractivity contribution >= 4 is 17.7 Å². The second-order valence-corrected chi connectivity index (χ2v) is 4.47. The van der Waals surface area contributed by atoms with E-state index in [2.05, 4.69) is 4.98 Å². The van der Waals surface area contributed by atoms with Crippen LogP contribution in [0, 0.1) is 0 Å². The summed E-state index contributed by atoms with van der Waals surface area (Å²) in [6.07, 6.45) is 1.95. The molecule has 1 aromatic heterocycles. The fourth-order valence-corrected chi connectivity index (χ4v) is 1.90. The maximum atomic E-state index is 10.4. The van der Waals surface area contributed by atoms with Crippen molar-refractivity contribution in [3.63, 3.8) is 0 Å². The van der Waals surface area contributed by atoms with Crippen molar-refractivity contribution in [2.45, 2.75) is 24.3 Å². The lowest BCUT2D eigenvalue weighted by molar-refractivity contribution is -0.136. The summed E-state index contributed by atoms with van der Waals surface area (Å²) in [5.41, 5.74) is 0.995. The topological polar surface area (TPSA) is 50.2 Å². The molecule has 1 atom stereocenters. The molecule has 0 aromatic carbocycles. The number of carboxylic acid groups (broad SMARTS) is 1. The van der Waals surface area contributed by atoms with Gasteiger partial charge in [0.2, 0.25) is 0 Å². The number of rotatable bonds is 5. The molecule has 3 nitrogen and oxygen atoms in total. The summed E-state index contributed by atoms with van der Waals surface area (Å²) < 4.78 is 0. The maximum Gasteiger partial charge on any atom is 0.304 e. The second-order valence-electron chi connectivity index (χ2n) is 3.04. The summed E-state index contributed by atoms with van der Waals surface area (Å²) in [7, 11) is 0. The van der Waals surface area contributed by atoms with E-state index in [4.69, 9.17) is 5.11 Å². The Bertz CT molecular complexity index is 289. The van der Waals surface area contributed by atoms with Gasteiger partial charge in [-0.1, -0.05) is 13.0 Å². The van der Waals surface area contributed by atoms with Gasteiger partial charge in [0, 0.05) is 17.2 Å². The molecule has 4 heteroatoms. The van der Waals surface area contributed by atoms with Gasteiger partial charge in [-0.15, -0.1) is 0 Å². The van der Waals surface area contributed by atoms with Crippen LogP contribution >= 0.6 is 11.8 Å². The van der Waals surface area contributed by atoms with Gasteiger partial charge in [-0.25, -0.2) is 0 Å². The smallest absolute Gasteiger partial charge is 0.304 e. The largest absolute Gasteiger partial charge is 0.481 e. The Kier molecular flexibility index (Phi) is 4.46. The summed E-state index contributed by atoms with van der Waals surface area (Å²) in [5, 5.41) is 8.69. The number of carbonyl (C=O) groups is 1. The molecule has 76 valence electrons. The summed E-state index contributed by atoms with van der Waals surface area (Å²) in [6, 6.07) is 5.75. The van der Waals surface area contributed by atoms with E-state index in [0.717, 1.165) is 11.4 Å². The van der Waals surface area contributed by atoms with E-state index in [-0.39, 0.29) is 11.7 Å². The molecule has 0 saturated carbocycles. The number of nitrogens with zero attached hydrogens (tertiary/aromatic N) is 1. The van der Waals surface area contributed by atoms with Gasteiger partial charge in [0.15, 0.2) is 0 Å². The van der Waals surface area contributed by atoms with Gasteiger partial charge in [-0.05, 0) is 12.1 Å². The predicted molar refractivity (Wildman–Crippen MR) is 57.2 cm³/mol. The Balaban J connectivity index is 2.30. The van der Waals surface area contributed by atoms with E-state index in [1.165, 1.54) is 0 Å². The number of aromatic nitrogens is 1. The zero-order valence-electron chi connectivity index (χ0n) is 8.01. The van der Waals surface area contributed by atoms with Gasteiger partial charge in [0.25, 0.3) is 0 Å². The fraction of sp³-hybridized carbons (Fsp3) is 0.400. The zero-order valence-corrected chi connectivity index (χ0v) is 8.83. The highest BCUT2D eigenvalue weighted by molar-refractivity contribution is 7.99. The molecule has 0 spiro atoms. The van der Waals surface area contributed by atoms with Crippen LogP contribution in [-0.2, 0) is 10.5 Å². The van der Waals surface area contributed by atoms with Crippen LogP contribution in [0.2, 0.25) is 0 Å². The Hall–Kier alpha value is -1.03. The Morgan fingerprint density at radius 1 is 1.64 bits per heavy atom. The molecule has 0 saturated heterocycles. The van der Waals surface area contributed by atoms with E-state index in [1.54, 1.807) is 18.0 Å². The van der Waals surface area contributed by atoms with Crippen molar-refractivity contribution in [1.29, 1.82) is 0 Å². The summed E-state index contributed by atoms with van der Waals surface area (Å²) >= 11 is 1.61. The molecule has 1 aromatic rings. The average molecular weight is 211 g/mol. The first kappa shape index (κ1) is 11.0. The third kappa shape index (κ3) is 4.28. The normalized spacial score (nSPS) is 12.4. The Morgan fingerprint density at radius 2 is 2.43 bits per heavy atom. The van der Waals surface area contributed by atoms with Crippen molar-refractivity contribution < 1.29 is 9.90 Å². The molecular formula is C10H13NO2S. The van der Waals surface area contributed by atoms with E-state index in [0.29, 0.717) is 0 Å². The number of hydrogen-bond acceptors (Lipinski definition) is 3. The zero-order chi connectivity index (χ0) is 10.4. The monoisotopic (exact) mass is 211 g/mol. The number of pyridine rings is 1. The molecule has 0 fully saturated rings. The lowest BCUT2D eigenvalue weighted by Crippen LogP contribution is -2.06. The molecule has 1 heterocycles. The minimum atomic E-state index is -0.744. The first-order valence-corrected chi connectivity index (χ1v) is 5.46. The molecule has 1 rings (SSSR count). The van der Waals surface area contributed by atoms with E-state index >= 15 is 0 Å². The van der Waals surface area contributed by atoms with Crippen LogP contribution < -0.4 is 0 Å². The highest BCUT2D eigenvalue weighted by Crippen LogP contribution is 2.18. The summed E-state index contributed by atoms with van der Waals surface area (Å²) in [4.78, 5) is 14.6. The van der Waals surface area contributed by atoms with Gasteiger partial charge in [-0.3, -0.25) is 9.78 Å². The van der Waals surface area contributed by atoms with Crippen LogP contribution in [0.25, 0.3) is 0 Å². The lowest BCUT2D eigenvalue weighted by atomic mass is 10.3. The van der Waals surface area contributed by atoms with Gasteiger partial charge >= 0.3 is 5.97 Å². The molecule has 14 heavy (non-hydrogen) atoms. The summed E-state index contributed by atoms with van der Waals surface area (Å²) in [6.45, 7) is 1.92. The quantitative estimate of drug-likeness (QED) is 0.811. The van der Waals surface area contributed by atoms with Gasteiger partial charge < -0.3 is 5.11 Å². The number of carboxylic acids is 1. The first-order valence-electron chi connectivity index (χ1n) is 4.42. The molecule has 0 bridgehead atoms. The fourth-order valence-electron chi connectivity index (χ4n) is 1.02. The van der Waals surface area contributed by atoms with Crippen molar-refractivity contribution in [3.05, 3.63) is 30.1 Å². The Morgan fingerprint density at radius 3 is 3.00 bits per heavy atom. The average Bonchev–Trinajstić information content (AvgIpc) is 2.15. The molecule has 0 radical (unpaired) electrons. The third-order valence-electron chi connectivity index (χ3n) is 1.70. The number of hydrogen-bond donors (Lipinski definition) is 1. The summed E-state index contributed by atoms with van der Waals surface area (Å²) in [5.74, 6) is 0.0287. The van der Waals surface area contributed by atoms with Crippen LogP contribution in [0.15, 0.2) is 24.4 Å². The number of aliphatic carboxylic acids is 1. The van der Waals surface area contributed by atoms with Gasteiger partial charge in [0.05, 0.1) is 12.1 Å². The highest BCUT2D eigenvalue weighted by Gasteiger charge is 2.07. The molecule has 1 unspecified atom stereocenters. The molecule has 0 aliphatic heterocycles.